The third kappa shape index (κ3) is 3.99. The quantitative estimate of drug-likeness (QED) is 0.769. The fourth-order valence-corrected chi connectivity index (χ4v) is 2.64. The highest BCUT2D eigenvalue weighted by Crippen LogP contribution is 2.28. The van der Waals surface area contributed by atoms with Gasteiger partial charge >= 0.3 is 0 Å². The maximum absolute atomic E-state index is 12.3. The van der Waals surface area contributed by atoms with Gasteiger partial charge in [0.05, 0.1) is 5.71 Å². The van der Waals surface area contributed by atoms with Crippen LogP contribution < -0.4 is 10.7 Å². The number of hydrazone groups is 1. The number of amides is 2. The standard InChI is InChI=1S/C17H22BrN3O2/c1-4-17(18,5-2)16(23)19-13-8-6-12(7-9-13)15-11(3)10-14(22)20-21-15/h6-9,11H,4-5,10H2,1-3H3,(H,19,23)(H,20,22). The Morgan fingerprint density at radius 2 is 1.96 bits per heavy atom. The summed E-state index contributed by atoms with van der Waals surface area (Å²) in [6.07, 6.45) is 1.89. The summed E-state index contributed by atoms with van der Waals surface area (Å²) in [6, 6.07) is 7.54. The number of halogens is 1. The molecule has 2 amide bonds. The van der Waals surface area contributed by atoms with E-state index in [1.807, 2.05) is 45.0 Å². The molecule has 1 atom stereocenters. The molecule has 2 N–H and O–H groups in total. The molecule has 0 saturated carbocycles. The van der Waals surface area contributed by atoms with Gasteiger partial charge in [0.1, 0.15) is 4.32 Å². The number of anilines is 1. The summed E-state index contributed by atoms with van der Waals surface area (Å²) in [6.45, 7) is 5.95. The van der Waals surface area contributed by atoms with E-state index in [-0.39, 0.29) is 17.7 Å². The van der Waals surface area contributed by atoms with Crippen LogP contribution in [0.3, 0.4) is 0 Å². The molecule has 23 heavy (non-hydrogen) atoms. The van der Waals surface area contributed by atoms with Gasteiger partial charge in [0, 0.05) is 18.0 Å². The maximum Gasteiger partial charge on any atom is 0.241 e. The van der Waals surface area contributed by atoms with Crippen molar-refractivity contribution in [1.29, 1.82) is 0 Å². The van der Waals surface area contributed by atoms with Gasteiger partial charge in [0.25, 0.3) is 0 Å². The molecular weight excluding hydrogens is 358 g/mol. The monoisotopic (exact) mass is 379 g/mol. The Bertz CT molecular complexity index is 621. The molecule has 6 heteroatoms. The van der Waals surface area contributed by atoms with Gasteiger partial charge in [-0.25, -0.2) is 5.43 Å². The molecule has 1 aromatic rings. The SMILES string of the molecule is CCC(Br)(CC)C(=O)Nc1ccc(C2=NNC(=O)CC2C)cc1. The summed E-state index contributed by atoms with van der Waals surface area (Å²) < 4.78 is -0.530. The van der Waals surface area contributed by atoms with Gasteiger partial charge in [-0.15, -0.1) is 0 Å². The number of carbonyl (C=O) groups is 2. The zero-order valence-electron chi connectivity index (χ0n) is 13.6. The number of nitrogens with one attached hydrogen (secondary N) is 2. The van der Waals surface area contributed by atoms with E-state index in [9.17, 15) is 9.59 Å². The fraction of sp³-hybridized carbons (Fsp3) is 0.471. The number of rotatable bonds is 5. The fourth-order valence-electron chi connectivity index (χ4n) is 2.54. The molecule has 0 aliphatic carbocycles. The molecule has 1 aromatic carbocycles. The molecule has 0 spiro atoms. The van der Waals surface area contributed by atoms with Gasteiger partial charge < -0.3 is 5.32 Å². The van der Waals surface area contributed by atoms with Crippen molar-refractivity contribution < 1.29 is 9.59 Å². The summed E-state index contributed by atoms with van der Waals surface area (Å²) in [4.78, 5) is 23.6. The van der Waals surface area contributed by atoms with E-state index in [2.05, 4.69) is 31.8 Å². The molecule has 2 rings (SSSR count). The summed E-state index contributed by atoms with van der Waals surface area (Å²) in [5.41, 5.74) is 5.07. The third-order valence-electron chi connectivity index (χ3n) is 4.23. The van der Waals surface area contributed by atoms with Crippen molar-refractivity contribution in [2.24, 2.45) is 11.0 Å². The van der Waals surface area contributed by atoms with E-state index in [4.69, 9.17) is 0 Å². The average Bonchev–Trinajstić information content (AvgIpc) is 2.55. The molecule has 5 nitrogen and oxygen atoms in total. The second-order valence-electron chi connectivity index (χ2n) is 5.84. The van der Waals surface area contributed by atoms with Crippen LogP contribution in [-0.2, 0) is 9.59 Å². The lowest BCUT2D eigenvalue weighted by atomic mass is 9.94. The molecule has 0 radical (unpaired) electrons. The highest BCUT2D eigenvalue weighted by molar-refractivity contribution is 9.10. The second-order valence-corrected chi connectivity index (χ2v) is 7.36. The van der Waals surface area contributed by atoms with Crippen LogP contribution in [0.4, 0.5) is 5.69 Å². The average molecular weight is 380 g/mol. The topological polar surface area (TPSA) is 70.6 Å². The lowest BCUT2D eigenvalue weighted by Crippen LogP contribution is -2.36. The van der Waals surface area contributed by atoms with Crippen molar-refractivity contribution in [2.45, 2.75) is 44.4 Å². The van der Waals surface area contributed by atoms with E-state index in [0.29, 0.717) is 6.42 Å². The van der Waals surface area contributed by atoms with Gasteiger partial charge in [-0.05, 0) is 30.5 Å². The Morgan fingerprint density at radius 1 is 1.35 bits per heavy atom. The Morgan fingerprint density at radius 3 is 2.48 bits per heavy atom. The van der Waals surface area contributed by atoms with Crippen molar-refractivity contribution in [2.75, 3.05) is 5.32 Å². The smallest absolute Gasteiger partial charge is 0.241 e. The van der Waals surface area contributed by atoms with Crippen molar-refractivity contribution in [1.82, 2.24) is 5.43 Å². The minimum atomic E-state index is -0.530. The number of carbonyl (C=O) groups excluding carboxylic acids is 2. The molecule has 0 fully saturated rings. The molecule has 1 unspecified atom stereocenters. The molecule has 1 aliphatic heterocycles. The first kappa shape index (κ1) is 17.7. The highest BCUT2D eigenvalue weighted by atomic mass is 79.9. The molecule has 0 saturated heterocycles. The van der Waals surface area contributed by atoms with Crippen LogP contribution in [0.1, 0.15) is 45.6 Å². The van der Waals surface area contributed by atoms with Crippen molar-refractivity contribution in [3.63, 3.8) is 0 Å². The molecule has 124 valence electrons. The first-order chi connectivity index (χ1) is 10.9. The molecule has 0 aromatic heterocycles. The Labute approximate surface area is 145 Å². The van der Waals surface area contributed by atoms with E-state index in [1.54, 1.807) is 0 Å². The minimum Gasteiger partial charge on any atom is -0.325 e. The van der Waals surface area contributed by atoms with Crippen LogP contribution in [0.15, 0.2) is 29.4 Å². The van der Waals surface area contributed by atoms with Crippen LogP contribution in [-0.4, -0.2) is 21.9 Å². The number of benzene rings is 1. The Balaban J connectivity index is 2.11. The Hall–Kier alpha value is -1.69. The van der Waals surface area contributed by atoms with Crippen LogP contribution in [0.5, 0.6) is 0 Å². The third-order valence-corrected chi connectivity index (χ3v) is 5.71. The van der Waals surface area contributed by atoms with Crippen molar-refractivity contribution in [3.05, 3.63) is 29.8 Å². The number of hydrogen-bond donors (Lipinski definition) is 2. The largest absolute Gasteiger partial charge is 0.325 e. The van der Waals surface area contributed by atoms with E-state index in [1.165, 1.54) is 0 Å². The van der Waals surface area contributed by atoms with Gasteiger partial charge in [0.2, 0.25) is 11.8 Å². The van der Waals surface area contributed by atoms with E-state index >= 15 is 0 Å². The normalized spacial score (nSPS) is 18.2. The molecule has 0 bridgehead atoms. The maximum atomic E-state index is 12.3. The predicted molar refractivity (Wildman–Crippen MR) is 95.8 cm³/mol. The minimum absolute atomic E-state index is 0.0362. The van der Waals surface area contributed by atoms with Gasteiger partial charge in [-0.2, -0.15) is 5.10 Å². The van der Waals surface area contributed by atoms with Gasteiger partial charge in [-0.1, -0.05) is 48.8 Å². The molecule has 1 heterocycles. The zero-order valence-corrected chi connectivity index (χ0v) is 15.2. The first-order valence-electron chi connectivity index (χ1n) is 7.86. The lowest BCUT2D eigenvalue weighted by molar-refractivity contribution is -0.122. The Kier molecular flexibility index (Phi) is 5.57. The van der Waals surface area contributed by atoms with Crippen LogP contribution in [0.25, 0.3) is 0 Å². The number of hydrogen-bond acceptors (Lipinski definition) is 3. The summed E-state index contributed by atoms with van der Waals surface area (Å²) in [5, 5.41) is 7.08. The van der Waals surface area contributed by atoms with Gasteiger partial charge in [-0.3, -0.25) is 9.59 Å². The lowest BCUT2D eigenvalue weighted by Gasteiger charge is -2.23. The van der Waals surface area contributed by atoms with Crippen LogP contribution in [0, 0.1) is 5.92 Å². The molecule has 1 aliphatic rings. The summed E-state index contributed by atoms with van der Waals surface area (Å²) >= 11 is 3.53. The van der Waals surface area contributed by atoms with Crippen LogP contribution in [0.2, 0.25) is 0 Å². The van der Waals surface area contributed by atoms with Gasteiger partial charge in [0.15, 0.2) is 0 Å². The zero-order chi connectivity index (χ0) is 17.0. The first-order valence-corrected chi connectivity index (χ1v) is 8.66. The number of nitrogens with zero attached hydrogens (tertiary/aromatic N) is 1. The van der Waals surface area contributed by atoms with E-state index < -0.39 is 4.32 Å². The molecular formula is C17H22BrN3O2. The summed E-state index contributed by atoms with van der Waals surface area (Å²) in [7, 11) is 0. The van der Waals surface area contributed by atoms with E-state index in [0.717, 1.165) is 29.8 Å². The second kappa shape index (κ2) is 7.25. The van der Waals surface area contributed by atoms with Crippen LogP contribution >= 0.6 is 15.9 Å². The van der Waals surface area contributed by atoms with Crippen molar-refractivity contribution in [3.8, 4) is 0 Å². The highest BCUT2D eigenvalue weighted by Gasteiger charge is 2.31. The summed E-state index contributed by atoms with van der Waals surface area (Å²) in [5.74, 6) is -0.0108. The predicted octanol–water partition coefficient (Wildman–Crippen LogP) is 3.44. The number of alkyl halides is 1. The van der Waals surface area contributed by atoms with Crippen molar-refractivity contribution >= 4 is 39.1 Å².